The van der Waals surface area contributed by atoms with Gasteiger partial charge in [0.1, 0.15) is 73.2 Å². The maximum Gasteiger partial charge on any atom is 0.220 e. The van der Waals surface area contributed by atoms with Gasteiger partial charge in [0.25, 0.3) is 0 Å². The lowest BCUT2D eigenvalue weighted by molar-refractivity contribution is -0.379. The molecule has 0 saturated carbocycles. The van der Waals surface area contributed by atoms with E-state index in [9.17, 15) is 61.0 Å². The normalized spacial score (nSPS) is 31.0. The van der Waals surface area contributed by atoms with E-state index >= 15 is 0 Å². The Labute approximate surface area is 455 Å². The van der Waals surface area contributed by atoms with E-state index < -0.39 is 124 Å². The van der Waals surface area contributed by atoms with E-state index in [4.69, 9.17) is 28.4 Å². The fraction of sp³-hybridized carbons (Fsp3) is 0.947. The number of allylic oxidation sites excluding steroid dienone is 1. The van der Waals surface area contributed by atoms with Crippen molar-refractivity contribution in [2.75, 3.05) is 26.4 Å². The van der Waals surface area contributed by atoms with Crippen LogP contribution in [-0.2, 0) is 33.2 Å². The standard InChI is InChI=1S/C57H107NO18/c1-3-5-7-9-10-11-12-13-14-15-16-17-18-19-20-21-22-23-24-25-26-27-28-29-31-32-34-41(62)40(58-45(63)35-33-30-8-6-4-2)39-71-55-51(69)48(66)53(43(37-60)73-55)76-57-52(70)49(67)54(44(38-61)74-57)75-56-50(68)47(65)46(64)42(36-59)72-56/h32,34,40-44,46-57,59-62,64-70H,3-31,33,35-39H2,1-2H3,(H,58,63)/b34-32+. The van der Waals surface area contributed by atoms with Crippen LogP contribution < -0.4 is 5.32 Å². The SMILES string of the molecule is CCCCCCCCCCCCCCCCCCCCCCCCCC/C=C/C(O)C(COC1OC(CO)C(OC2OC(CO)C(OC3OC(CO)C(O)C(O)C3O)C(O)C2O)C(O)C1O)NC(=O)CCCCCCC. The molecule has 19 heteroatoms. The molecule has 0 aliphatic carbocycles. The van der Waals surface area contributed by atoms with Gasteiger partial charge in [0.2, 0.25) is 5.91 Å². The van der Waals surface area contributed by atoms with Gasteiger partial charge in [-0.15, -0.1) is 0 Å². The Kier molecular flexibility index (Phi) is 37.6. The highest BCUT2D eigenvalue weighted by atomic mass is 16.8. The van der Waals surface area contributed by atoms with Gasteiger partial charge >= 0.3 is 0 Å². The van der Waals surface area contributed by atoms with E-state index in [1.54, 1.807) is 6.08 Å². The number of nitrogens with one attached hydrogen (secondary N) is 1. The van der Waals surface area contributed by atoms with Crippen molar-refractivity contribution < 1.29 is 89.4 Å². The smallest absolute Gasteiger partial charge is 0.220 e. The van der Waals surface area contributed by atoms with Gasteiger partial charge in [0.15, 0.2) is 18.9 Å². The van der Waals surface area contributed by atoms with Crippen LogP contribution in [0.1, 0.15) is 213 Å². The molecule has 17 unspecified atom stereocenters. The first kappa shape index (κ1) is 68.8. The van der Waals surface area contributed by atoms with Crippen molar-refractivity contribution in [2.24, 2.45) is 0 Å². The van der Waals surface area contributed by atoms with Crippen molar-refractivity contribution in [1.82, 2.24) is 5.32 Å². The number of rotatable bonds is 44. The van der Waals surface area contributed by atoms with Crippen LogP contribution in [0.25, 0.3) is 0 Å². The van der Waals surface area contributed by atoms with E-state index in [1.807, 2.05) is 6.08 Å². The molecular formula is C57H107NO18. The summed E-state index contributed by atoms with van der Waals surface area (Å²) in [4.78, 5) is 13.1. The Hall–Kier alpha value is -1.47. The zero-order chi connectivity index (χ0) is 55.5. The maximum atomic E-state index is 13.1. The second-order valence-electron chi connectivity index (χ2n) is 21.8. The largest absolute Gasteiger partial charge is 0.394 e. The fourth-order valence-electron chi connectivity index (χ4n) is 10.4. The monoisotopic (exact) mass is 1090 g/mol. The average molecular weight is 1090 g/mol. The number of aliphatic hydroxyl groups is 11. The molecule has 0 spiro atoms. The Morgan fingerprint density at radius 2 is 0.816 bits per heavy atom. The van der Waals surface area contributed by atoms with Crippen LogP contribution in [0.2, 0.25) is 0 Å². The molecular weight excluding hydrogens is 987 g/mol. The molecule has 448 valence electrons. The molecule has 19 nitrogen and oxygen atoms in total. The van der Waals surface area contributed by atoms with Crippen LogP contribution in [0, 0.1) is 0 Å². The summed E-state index contributed by atoms with van der Waals surface area (Å²) in [6.07, 6.45) is 14.3. The lowest BCUT2D eigenvalue weighted by Crippen LogP contribution is -2.66. The predicted octanol–water partition coefficient (Wildman–Crippen LogP) is 4.99. The highest BCUT2D eigenvalue weighted by Crippen LogP contribution is 2.33. The molecule has 0 aromatic carbocycles. The molecule has 1 amide bonds. The molecule has 3 fully saturated rings. The summed E-state index contributed by atoms with van der Waals surface area (Å²) in [7, 11) is 0. The number of unbranched alkanes of at least 4 members (excludes halogenated alkanes) is 28. The average Bonchev–Trinajstić information content (AvgIpc) is 3.42. The van der Waals surface area contributed by atoms with Crippen LogP contribution in [0.15, 0.2) is 12.2 Å². The lowest BCUT2D eigenvalue weighted by Gasteiger charge is -2.48. The maximum absolute atomic E-state index is 13.1. The fourth-order valence-corrected chi connectivity index (χ4v) is 10.4. The van der Waals surface area contributed by atoms with E-state index in [1.165, 1.54) is 135 Å². The summed E-state index contributed by atoms with van der Waals surface area (Å²) in [6, 6.07) is -0.964. The highest BCUT2D eigenvalue weighted by Gasteiger charge is 2.53. The minimum absolute atomic E-state index is 0.241. The van der Waals surface area contributed by atoms with Crippen molar-refractivity contribution >= 4 is 5.91 Å². The molecule has 3 aliphatic rings. The molecule has 0 radical (unpaired) electrons. The number of carbonyl (C=O) groups is 1. The number of hydrogen-bond acceptors (Lipinski definition) is 18. The molecule has 17 atom stereocenters. The number of ether oxygens (including phenoxy) is 6. The Bertz CT molecular complexity index is 1450. The van der Waals surface area contributed by atoms with Gasteiger partial charge in [-0.2, -0.15) is 0 Å². The summed E-state index contributed by atoms with van der Waals surface area (Å²) in [5, 5.41) is 120. The van der Waals surface area contributed by atoms with Crippen LogP contribution in [0.3, 0.4) is 0 Å². The number of hydrogen-bond donors (Lipinski definition) is 12. The molecule has 0 bridgehead atoms. The second-order valence-corrected chi connectivity index (χ2v) is 21.8. The Morgan fingerprint density at radius 1 is 0.461 bits per heavy atom. The number of amides is 1. The quantitative estimate of drug-likeness (QED) is 0.0283. The van der Waals surface area contributed by atoms with Gasteiger partial charge in [0.05, 0.1) is 38.6 Å². The molecule has 3 rings (SSSR count). The van der Waals surface area contributed by atoms with Crippen LogP contribution in [0.4, 0.5) is 0 Å². The van der Waals surface area contributed by atoms with E-state index in [0.717, 1.165) is 51.4 Å². The predicted molar refractivity (Wildman–Crippen MR) is 287 cm³/mol. The lowest BCUT2D eigenvalue weighted by atomic mass is 9.96. The molecule has 76 heavy (non-hydrogen) atoms. The van der Waals surface area contributed by atoms with Gasteiger partial charge < -0.3 is 89.9 Å². The third-order valence-electron chi connectivity index (χ3n) is 15.3. The van der Waals surface area contributed by atoms with Gasteiger partial charge in [-0.1, -0.05) is 199 Å². The first-order valence-electron chi connectivity index (χ1n) is 29.9. The molecule has 3 aliphatic heterocycles. The van der Waals surface area contributed by atoms with Gasteiger partial charge in [-0.05, 0) is 19.3 Å². The molecule has 3 heterocycles. The minimum Gasteiger partial charge on any atom is -0.394 e. The Morgan fingerprint density at radius 3 is 1.24 bits per heavy atom. The van der Waals surface area contributed by atoms with Crippen molar-refractivity contribution in [3.05, 3.63) is 12.2 Å². The van der Waals surface area contributed by atoms with E-state index in [2.05, 4.69) is 19.2 Å². The summed E-state index contributed by atoms with van der Waals surface area (Å²) in [5.41, 5.74) is 0. The van der Waals surface area contributed by atoms with Gasteiger partial charge in [-0.3, -0.25) is 4.79 Å². The van der Waals surface area contributed by atoms with Crippen molar-refractivity contribution in [3.63, 3.8) is 0 Å². The van der Waals surface area contributed by atoms with E-state index in [0.29, 0.717) is 6.42 Å². The minimum atomic E-state index is -1.97. The summed E-state index contributed by atoms with van der Waals surface area (Å²) in [6.45, 7) is 1.62. The van der Waals surface area contributed by atoms with E-state index in [-0.39, 0.29) is 18.9 Å². The number of carbonyl (C=O) groups excluding carboxylic acids is 1. The summed E-state index contributed by atoms with van der Waals surface area (Å²) >= 11 is 0. The first-order chi connectivity index (χ1) is 36.8. The van der Waals surface area contributed by atoms with Crippen LogP contribution in [-0.4, -0.2) is 193 Å². The van der Waals surface area contributed by atoms with Crippen molar-refractivity contribution in [1.29, 1.82) is 0 Å². The molecule has 3 saturated heterocycles. The van der Waals surface area contributed by atoms with Crippen LogP contribution in [0.5, 0.6) is 0 Å². The zero-order valence-corrected chi connectivity index (χ0v) is 46.5. The van der Waals surface area contributed by atoms with Gasteiger partial charge in [-0.25, -0.2) is 0 Å². The van der Waals surface area contributed by atoms with Crippen molar-refractivity contribution in [3.8, 4) is 0 Å². The summed E-state index contributed by atoms with van der Waals surface area (Å²) in [5.74, 6) is -0.287. The Balaban J connectivity index is 1.39. The molecule has 12 N–H and O–H groups in total. The zero-order valence-electron chi connectivity index (χ0n) is 46.5. The number of aliphatic hydroxyl groups excluding tert-OH is 11. The molecule has 0 aromatic rings. The van der Waals surface area contributed by atoms with Gasteiger partial charge in [0, 0.05) is 6.42 Å². The highest BCUT2D eigenvalue weighted by molar-refractivity contribution is 5.76. The van der Waals surface area contributed by atoms with Crippen molar-refractivity contribution in [2.45, 2.75) is 317 Å². The second kappa shape index (κ2) is 41.5. The third-order valence-corrected chi connectivity index (χ3v) is 15.3. The topological polar surface area (TPSA) is 307 Å². The van der Waals surface area contributed by atoms with Crippen LogP contribution >= 0.6 is 0 Å². The first-order valence-corrected chi connectivity index (χ1v) is 29.9. The molecule has 0 aromatic heterocycles. The summed E-state index contributed by atoms with van der Waals surface area (Å²) < 4.78 is 34.1. The third kappa shape index (κ3) is 25.5.